The molecule has 0 radical (unpaired) electrons. The molecule has 0 spiro atoms. The molecule has 0 atom stereocenters. The Hall–Kier alpha value is -2.98. The van der Waals surface area contributed by atoms with Crippen molar-refractivity contribution in [2.75, 3.05) is 25.3 Å². The van der Waals surface area contributed by atoms with Crippen LogP contribution in [0.2, 0.25) is 0 Å². The van der Waals surface area contributed by atoms with Crippen LogP contribution in [-0.2, 0) is 16.3 Å². The van der Waals surface area contributed by atoms with E-state index in [1.807, 2.05) is 6.92 Å². The number of hydrogen-bond donors (Lipinski definition) is 1. The van der Waals surface area contributed by atoms with Crippen molar-refractivity contribution in [3.05, 3.63) is 58.6 Å². The second kappa shape index (κ2) is 9.23. The molecule has 3 aromatic rings. The van der Waals surface area contributed by atoms with Crippen molar-refractivity contribution >= 4 is 32.2 Å². The van der Waals surface area contributed by atoms with Crippen molar-refractivity contribution in [1.82, 2.24) is 10.2 Å². The maximum absolute atomic E-state index is 12.5. The van der Waals surface area contributed by atoms with Crippen LogP contribution in [0.25, 0.3) is 0 Å². The van der Waals surface area contributed by atoms with Crippen molar-refractivity contribution in [2.24, 2.45) is 0 Å². The molecule has 1 N–H and O–H groups in total. The number of carbonyl (C=O) groups excluding carboxylic acids is 1. The fourth-order valence-electron chi connectivity index (χ4n) is 2.64. The van der Waals surface area contributed by atoms with Crippen LogP contribution < -0.4 is 14.8 Å². The number of sulfone groups is 1. The van der Waals surface area contributed by atoms with Gasteiger partial charge in [0, 0.05) is 12.5 Å². The lowest BCUT2D eigenvalue weighted by molar-refractivity contribution is 0.102. The Morgan fingerprint density at radius 3 is 2.47 bits per heavy atom. The minimum absolute atomic E-state index is 0.0923. The number of anilines is 1. The van der Waals surface area contributed by atoms with E-state index in [0.717, 1.165) is 16.9 Å². The molecule has 158 valence electrons. The van der Waals surface area contributed by atoms with Gasteiger partial charge in [0.1, 0.15) is 16.5 Å². The van der Waals surface area contributed by atoms with Gasteiger partial charge in [-0.05, 0) is 31.2 Å². The second-order valence-electron chi connectivity index (χ2n) is 6.40. The topological polar surface area (TPSA) is 107 Å². The molecular weight excluding hydrogens is 426 g/mol. The van der Waals surface area contributed by atoms with E-state index in [1.165, 1.54) is 14.2 Å². The van der Waals surface area contributed by atoms with Gasteiger partial charge in [-0.15, -0.1) is 10.2 Å². The highest BCUT2D eigenvalue weighted by molar-refractivity contribution is 7.91. The summed E-state index contributed by atoms with van der Waals surface area (Å²) in [6, 6.07) is 11.6. The van der Waals surface area contributed by atoms with Crippen molar-refractivity contribution in [3.63, 3.8) is 0 Å². The summed E-state index contributed by atoms with van der Waals surface area (Å²) >= 11 is 1.13. The number of benzene rings is 2. The number of nitrogens with zero attached hydrogens (tertiary/aromatic N) is 2. The quantitative estimate of drug-likeness (QED) is 0.565. The number of nitrogens with one attached hydrogen (secondary N) is 1. The molecule has 0 saturated heterocycles. The third-order valence-electron chi connectivity index (χ3n) is 4.31. The molecule has 0 aliphatic heterocycles. The van der Waals surface area contributed by atoms with Crippen LogP contribution >= 0.6 is 11.3 Å². The predicted molar refractivity (Wildman–Crippen MR) is 114 cm³/mol. The normalized spacial score (nSPS) is 11.2. The summed E-state index contributed by atoms with van der Waals surface area (Å²) in [7, 11) is -0.439. The van der Waals surface area contributed by atoms with Crippen molar-refractivity contribution in [1.29, 1.82) is 0 Å². The summed E-state index contributed by atoms with van der Waals surface area (Å²) < 4.78 is 35.3. The van der Waals surface area contributed by atoms with Gasteiger partial charge in [-0.3, -0.25) is 10.1 Å². The van der Waals surface area contributed by atoms with E-state index in [9.17, 15) is 13.2 Å². The number of ether oxygens (including phenoxy) is 2. The van der Waals surface area contributed by atoms with E-state index in [2.05, 4.69) is 15.5 Å². The van der Waals surface area contributed by atoms with E-state index in [-0.39, 0.29) is 22.2 Å². The minimum atomic E-state index is -3.42. The Labute approximate surface area is 178 Å². The highest BCUT2D eigenvalue weighted by atomic mass is 32.2. The lowest BCUT2D eigenvalue weighted by atomic mass is 10.2. The monoisotopic (exact) mass is 447 g/mol. The third-order valence-corrected chi connectivity index (χ3v) is 6.94. The zero-order valence-corrected chi connectivity index (χ0v) is 18.3. The molecule has 3 rings (SSSR count). The maximum atomic E-state index is 12.5. The smallest absolute Gasteiger partial charge is 0.261 e. The van der Waals surface area contributed by atoms with Gasteiger partial charge in [-0.25, -0.2) is 8.42 Å². The summed E-state index contributed by atoms with van der Waals surface area (Å²) in [5.74, 6) is 0.423. The third kappa shape index (κ3) is 5.14. The molecule has 0 saturated carbocycles. The van der Waals surface area contributed by atoms with Crippen LogP contribution in [0.15, 0.2) is 47.4 Å². The van der Waals surface area contributed by atoms with E-state index < -0.39 is 15.7 Å². The number of rotatable bonds is 8. The van der Waals surface area contributed by atoms with Crippen LogP contribution in [0.1, 0.15) is 20.9 Å². The van der Waals surface area contributed by atoms with Crippen LogP contribution in [0.5, 0.6) is 11.5 Å². The maximum Gasteiger partial charge on any atom is 0.261 e. The number of methoxy groups -OCH3 is 2. The van der Waals surface area contributed by atoms with Gasteiger partial charge in [-0.2, -0.15) is 0 Å². The second-order valence-corrected chi connectivity index (χ2v) is 9.57. The molecule has 0 bridgehead atoms. The van der Waals surface area contributed by atoms with Crippen LogP contribution in [0.3, 0.4) is 0 Å². The van der Waals surface area contributed by atoms with Gasteiger partial charge in [0.25, 0.3) is 5.91 Å². The van der Waals surface area contributed by atoms with E-state index in [4.69, 9.17) is 9.47 Å². The summed E-state index contributed by atoms with van der Waals surface area (Å²) in [5, 5.41) is 11.4. The molecule has 0 fully saturated rings. The Morgan fingerprint density at radius 1 is 1.07 bits per heavy atom. The molecule has 0 unspecified atom stereocenters. The number of aryl methyl sites for hydroxylation is 2. The minimum Gasteiger partial charge on any atom is -0.497 e. The van der Waals surface area contributed by atoms with E-state index in [1.54, 1.807) is 42.5 Å². The van der Waals surface area contributed by atoms with Gasteiger partial charge in [0.2, 0.25) is 5.13 Å². The first-order valence-electron chi connectivity index (χ1n) is 8.97. The molecule has 0 aliphatic rings. The number of amides is 1. The summed E-state index contributed by atoms with van der Waals surface area (Å²) in [5.41, 5.74) is 1.31. The number of hydrogen-bond acceptors (Lipinski definition) is 8. The molecule has 2 aromatic carbocycles. The molecule has 30 heavy (non-hydrogen) atoms. The average molecular weight is 448 g/mol. The van der Waals surface area contributed by atoms with Gasteiger partial charge in [0.15, 0.2) is 9.84 Å². The van der Waals surface area contributed by atoms with E-state index >= 15 is 0 Å². The SMILES string of the molecule is COc1ccc(C(=O)Nc2nnc(CCS(=O)(=O)c3ccc(C)cc3)s2)c(OC)c1. The van der Waals surface area contributed by atoms with Gasteiger partial charge >= 0.3 is 0 Å². The van der Waals surface area contributed by atoms with Crippen molar-refractivity contribution in [2.45, 2.75) is 18.2 Å². The summed E-state index contributed by atoms with van der Waals surface area (Å²) in [6.45, 7) is 1.90. The lowest BCUT2D eigenvalue weighted by Gasteiger charge is -2.09. The largest absolute Gasteiger partial charge is 0.497 e. The van der Waals surface area contributed by atoms with Crippen molar-refractivity contribution in [3.8, 4) is 11.5 Å². The van der Waals surface area contributed by atoms with Crippen LogP contribution in [0, 0.1) is 6.92 Å². The van der Waals surface area contributed by atoms with Gasteiger partial charge in [0.05, 0.1) is 30.4 Å². The highest BCUT2D eigenvalue weighted by Gasteiger charge is 2.18. The zero-order chi connectivity index (χ0) is 21.7. The molecule has 0 aliphatic carbocycles. The van der Waals surface area contributed by atoms with Gasteiger partial charge in [-0.1, -0.05) is 29.0 Å². The first-order chi connectivity index (χ1) is 14.3. The fourth-order valence-corrected chi connectivity index (χ4v) is 4.75. The Morgan fingerprint density at radius 2 is 1.80 bits per heavy atom. The molecule has 10 heteroatoms. The summed E-state index contributed by atoms with van der Waals surface area (Å²) in [4.78, 5) is 12.8. The molecule has 1 aromatic heterocycles. The van der Waals surface area contributed by atoms with Crippen LogP contribution in [-0.4, -0.2) is 44.5 Å². The standard InChI is InChI=1S/C20H21N3O5S2/c1-13-4-7-15(8-5-13)30(25,26)11-10-18-22-23-20(29-18)21-19(24)16-9-6-14(27-2)12-17(16)28-3/h4-9,12H,10-11H2,1-3H3,(H,21,23,24). The lowest BCUT2D eigenvalue weighted by Crippen LogP contribution is -2.13. The average Bonchev–Trinajstić information content (AvgIpc) is 3.19. The first-order valence-corrected chi connectivity index (χ1v) is 11.4. The molecular formula is C20H21N3O5S2. The zero-order valence-electron chi connectivity index (χ0n) is 16.7. The first kappa shape index (κ1) is 21.7. The Balaban J connectivity index is 1.65. The van der Waals surface area contributed by atoms with Gasteiger partial charge < -0.3 is 9.47 Å². The highest BCUT2D eigenvalue weighted by Crippen LogP contribution is 2.26. The fraction of sp³-hybridized carbons (Fsp3) is 0.250. The Bertz CT molecular complexity index is 1140. The molecule has 1 amide bonds. The predicted octanol–water partition coefficient (Wildman–Crippen LogP) is 3.13. The molecule has 8 nitrogen and oxygen atoms in total. The number of carbonyl (C=O) groups is 1. The van der Waals surface area contributed by atoms with E-state index in [0.29, 0.717) is 22.1 Å². The molecule has 1 heterocycles. The van der Waals surface area contributed by atoms with Crippen molar-refractivity contribution < 1.29 is 22.7 Å². The van der Waals surface area contributed by atoms with Crippen LogP contribution in [0.4, 0.5) is 5.13 Å². The number of aromatic nitrogens is 2. The Kier molecular flexibility index (Phi) is 6.68. The summed E-state index contributed by atoms with van der Waals surface area (Å²) in [6.07, 6.45) is 0.204.